The summed E-state index contributed by atoms with van der Waals surface area (Å²) < 4.78 is 0. The summed E-state index contributed by atoms with van der Waals surface area (Å²) in [6.07, 6.45) is 0. The zero-order valence-electron chi connectivity index (χ0n) is 32.0. The summed E-state index contributed by atoms with van der Waals surface area (Å²) in [5.74, 6) is 1.94. The van der Waals surface area contributed by atoms with Crippen molar-refractivity contribution in [2.45, 2.75) is 5.41 Å². The summed E-state index contributed by atoms with van der Waals surface area (Å²) in [5, 5.41) is 2.33. The molecule has 0 aliphatic heterocycles. The lowest BCUT2D eigenvalue weighted by atomic mass is 9.70. The lowest BCUT2D eigenvalue weighted by molar-refractivity contribution is 0.794. The van der Waals surface area contributed by atoms with Gasteiger partial charge in [-0.3, -0.25) is 0 Å². The quantitative estimate of drug-likeness (QED) is 0.176. The van der Waals surface area contributed by atoms with Gasteiger partial charge in [0.15, 0.2) is 17.5 Å². The standard InChI is InChI=1S/C56H35N3/c1-2-16-37(17-3-1)53-57-54(59-55(58-53)43-32-31-36-15-4-5-18-38(36)34-43)42-22-13-20-40(35-42)39-19-12-21-41(33-39)44-26-14-30-51-52(44)47-25-8-11-29-50(47)56(51)48-27-9-6-23-45(48)46-24-7-10-28-49(46)56/h1-35H. The number of fused-ring (bicyclic) bond motifs is 11. The number of aromatic nitrogens is 3. The minimum Gasteiger partial charge on any atom is -0.208 e. The lowest BCUT2D eigenvalue weighted by Crippen LogP contribution is -2.25. The molecule has 0 unspecified atom stereocenters. The van der Waals surface area contributed by atoms with Crippen LogP contribution >= 0.6 is 0 Å². The summed E-state index contributed by atoms with van der Waals surface area (Å²) in [6.45, 7) is 0. The van der Waals surface area contributed by atoms with Crippen molar-refractivity contribution in [1.82, 2.24) is 15.0 Å². The summed E-state index contributed by atoms with van der Waals surface area (Å²) >= 11 is 0. The van der Waals surface area contributed by atoms with Gasteiger partial charge >= 0.3 is 0 Å². The fourth-order valence-electron chi connectivity index (χ4n) is 9.77. The third kappa shape index (κ3) is 5.11. The molecule has 0 fully saturated rings. The zero-order valence-corrected chi connectivity index (χ0v) is 32.0. The maximum absolute atomic E-state index is 5.11. The minimum absolute atomic E-state index is 0.379. The third-order valence-electron chi connectivity index (χ3n) is 12.3. The Labute approximate surface area is 343 Å². The summed E-state index contributed by atoms with van der Waals surface area (Å²) in [5.41, 5.74) is 17.7. The first kappa shape index (κ1) is 33.4. The van der Waals surface area contributed by atoms with Crippen LogP contribution < -0.4 is 0 Å². The fraction of sp³-hybridized carbons (Fsp3) is 0.0179. The highest BCUT2D eigenvalue weighted by Gasteiger charge is 2.51. The number of rotatable bonds is 5. The van der Waals surface area contributed by atoms with Crippen molar-refractivity contribution < 1.29 is 0 Å². The van der Waals surface area contributed by atoms with Crippen LogP contribution in [0.1, 0.15) is 22.3 Å². The molecule has 0 amide bonds. The molecular formula is C56H35N3. The molecule has 274 valence electrons. The van der Waals surface area contributed by atoms with E-state index in [9.17, 15) is 0 Å². The van der Waals surface area contributed by atoms with E-state index in [0.717, 1.165) is 33.2 Å². The molecule has 1 spiro atoms. The second-order valence-corrected chi connectivity index (χ2v) is 15.5. The number of hydrogen-bond acceptors (Lipinski definition) is 3. The average molecular weight is 750 g/mol. The highest BCUT2D eigenvalue weighted by atomic mass is 15.0. The Morgan fingerprint density at radius 1 is 0.254 bits per heavy atom. The van der Waals surface area contributed by atoms with Crippen molar-refractivity contribution in [2.24, 2.45) is 0 Å². The molecule has 0 saturated heterocycles. The van der Waals surface area contributed by atoms with Gasteiger partial charge in [0.25, 0.3) is 0 Å². The van der Waals surface area contributed by atoms with E-state index in [4.69, 9.17) is 15.0 Å². The van der Waals surface area contributed by atoms with Gasteiger partial charge in [-0.25, -0.2) is 15.0 Å². The predicted molar refractivity (Wildman–Crippen MR) is 241 cm³/mol. The van der Waals surface area contributed by atoms with E-state index in [1.807, 2.05) is 18.2 Å². The SMILES string of the molecule is c1ccc(-c2nc(-c3cccc(-c4cccc(-c5cccc6c5-c5ccccc5C65c6ccccc6-c6ccccc65)c4)c3)nc(-c3ccc4ccccc4c3)n2)cc1. The molecule has 1 heterocycles. The molecular weight excluding hydrogens is 715 g/mol. The van der Waals surface area contributed by atoms with E-state index >= 15 is 0 Å². The van der Waals surface area contributed by atoms with Crippen LogP contribution in [-0.2, 0) is 5.41 Å². The van der Waals surface area contributed by atoms with Crippen LogP contribution in [0.3, 0.4) is 0 Å². The zero-order chi connectivity index (χ0) is 38.9. The average Bonchev–Trinajstić information content (AvgIpc) is 3.79. The normalized spacial score (nSPS) is 12.9. The van der Waals surface area contributed by atoms with Gasteiger partial charge in [-0.2, -0.15) is 0 Å². The molecule has 2 aliphatic rings. The summed E-state index contributed by atoms with van der Waals surface area (Å²) in [4.78, 5) is 15.2. The molecule has 2 aliphatic carbocycles. The molecule has 10 aromatic rings. The van der Waals surface area contributed by atoms with Crippen molar-refractivity contribution in [3.8, 4) is 78.7 Å². The summed E-state index contributed by atoms with van der Waals surface area (Å²) in [6, 6.07) is 76.4. The monoisotopic (exact) mass is 749 g/mol. The Hall–Kier alpha value is -7.75. The molecule has 3 nitrogen and oxygen atoms in total. The number of nitrogens with zero attached hydrogens (tertiary/aromatic N) is 3. The molecule has 0 radical (unpaired) electrons. The Morgan fingerprint density at radius 2 is 0.695 bits per heavy atom. The van der Waals surface area contributed by atoms with E-state index in [1.54, 1.807) is 0 Å². The topological polar surface area (TPSA) is 38.7 Å². The maximum Gasteiger partial charge on any atom is 0.164 e. The van der Waals surface area contributed by atoms with Crippen LogP contribution in [-0.4, -0.2) is 15.0 Å². The molecule has 0 N–H and O–H groups in total. The van der Waals surface area contributed by atoms with Crippen LogP contribution in [0.15, 0.2) is 212 Å². The van der Waals surface area contributed by atoms with E-state index in [0.29, 0.717) is 17.5 Å². The molecule has 0 bridgehead atoms. The van der Waals surface area contributed by atoms with Gasteiger partial charge in [-0.1, -0.05) is 194 Å². The predicted octanol–water partition coefficient (Wildman–Crippen LogP) is 13.7. The van der Waals surface area contributed by atoms with Crippen molar-refractivity contribution in [1.29, 1.82) is 0 Å². The summed E-state index contributed by atoms with van der Waals surface area (Å²) in [7, 11) is 0. The number of hydrogen-bond donors (Lipinski definition) is 0. The van der Waals surface area contributed by atoms with Gasteiger partial charge in [0.1, 0.15) is 0 Å². The number of benzene rings is 9. The van der Waals surface area contributed by atoms with Crippen LogP contribution in [0.25, 0.3) is 89.4 Å². The Kier molecular flexibility index (Phi) is 7.45. The highest BCUT2D eigenvalue weighted by Crippen LogP contribution is 2.63. The lowest BCUT2D eigenvalue weighted by Gasteiger charge is -2.30. The first-order valence-corrected chi connectivity index (χ1v) is 20.2. The van der Waals surface area contributed by atoms with Crippen LogP contribution in [0.5, 0.6) is 0 Å². The Bertz CT molecular complexity index is 3250. The molecule has 3 heteroatoms. The molecule has 12 rings (SSSR count). The van der Waals surface area contributed by atoms with E-state index in [1.165, 1.54) is 61.0 Å². The van der Waals surface area contributed by atoms with Crippen LogP contribution in [0, 0.1) is 0 Å². The van der Waals surface area contributed by atoms with Gasteiger partial charge in [0.05, 0.1) is 5.41 Å². The first-order chi connectivity index (χ1) is 29.2. The molecule has 59 heavy (non-hydrogen) atoms. The van der Waals surface area contributed by atoms with Crippen LogP contribution in [0.4, 0.5) is 0 Å². The molecule has 0 atom stereocenters. The van der Waals surface area contributed by atoms with Crippen molar-refractivity contribution >= 4 is 10.8 Å². The Balaban J connectivity index is 0.986. The smallest absolute Gasteiger partial charge is 0.164 e. The molecule has 0 saturated carbocycles. The van der Waals surface area contributed by atoms with Gasteiger partial charge in [0.2, 0.25) is 0 Å². The van der Waals surface area contributed by atoms with E-state index in [-0.39, 0.29) is 5.41 Å². The largest absolute Gasteiger partial charge is 0.208 e. The van der Waals surface area contributed by atoms with Crippen molar-refractivity contribution in [2.75, 3.05) is 0 Å². The second kappa shape index (κ2) is 13.2. The molecule has 1 aromatic heterocycles. The third-order valence-corrected chi connectivity index (χ3v) is 12.3. The van der Waals surface area contributed by atoms with Gasteiger partial charge in [-0.15, -0.1) is 0 Å². The van der Waals surface area contributed by atoms with Crippen LogP contribution in [0.2, 0.25) is 0 Å². The van der Waals surface area contributed by atoms with Gasteiger partial charge in [0, 0.05) is 16.7 Å². The van der Waals surface area contributed by atoms with Crippen molar-refractivity contribution in [3.05, 3.63) is 235 Å². The van der Waals surface area contributed by atoms with E-state index < -0.39 is 0 Å². The van der Waals surface area contributed by atoms with Crippen molar-refractivity contribution in [3.63, 3.8) is 0 Å². The van der Waals surface area contributed by atoms with E-state index in [2.05, 4.69) is 194 Å². The minimum atomic E-state index is -0.379. The highest BCUT2D eigenvalue weighted by molar-refractivity contribution is 6.00. The van der Waals surface area contributed by atoms with Gasteiger partial charge in [-0.05, 0) is 95.7 Å². The second-order valence-electron chi connectivity index (χ2n) is 15.5. The maximum atomic E-state index is 5.11. The Morgan fingerprint density at radius 3 is 1.39 bits per heavy atom. The van der Waals surface area contributed by atoms with Gasteiger partial charge < -0.3 is 0 Å². The fourth-order valence-corrected chi connectivity index (χ4v) is 9.77. The first-order valence-electron chi connectivity index (χ1n) is 20.2. The molecule has 9 aromatic carbocycles.